The van der Waals surface area contributed by atoms with E-state index < -0.39 is 30.2 Å². The highest BCUT2D eigenvalue weighted by Crippen LogP contribution is 2.23. The van der Waals surface area contributed by atoms with Crippen molar-refractivity contribution in [1.29, 1.82) is 0 Å². The predicted molar refractivity (Wildman–Crippen MR) is 150 cm³/mol. The number of hydrogen-bond acceptors (Lipinski definition) is 8. The molecule has 1 aromatic carbocycles. The van der Waals surface area contributed by atoms with Crippen LogP contribution >= 0.6 is 0 Å². The summed E-state index contributed by atoms with van der Waals surface area (Å²) in [4.78, 5) is 34.5. The van der Waals surface area contributed by atoms with Gasteiger partial charge in [0.15, 0.2) is 11.6 Å². The first kappa shape index (κ1) is 32.1. The number of ether oxygens (including phenoxy) is 2. The Morgan fingerprint density at radius 3 is 2.60 bits per heavy atom. The largest absolute Gasteiger partial charge is 0.494 e. The summed E-state index contributed by atoms with van der Waals surface area (Å²) in [5.41, 5.74) is 0.295. The number of likely N-dealkylation sites (N-methyl/N-ethyl adjacent to an activating group) is 1. The average molecular weight is 561 g/mol. The first-order chi connectivity index (χ1) is 18.9. The molecule has 0 aliphatic rings. The maximum Gasteiger partial charge on any atom is 0.410 e. The van der Waals surface area contributed by atoms with Gasteiger partial charge in [-0.15, -0.1) is 0 Å². The Kier molecular flexibility index (Phi) is 12.4. The molecule has 218 valence electrons. The van der Waals surface area contributed by atoms with Crippen molar-refractivity contribution in [1.82, 2.24) is 20.2 Å². The quantitative estimate of drug-likeness (QED) is 0.254. The second kappa shape index (κ2) is 15.5. The molecule has 1 heterocycles. The predicted octanol–water partition coefficient (Wildman–Crippen LogP) is 4.64. The molecule has 1 atom stereocenters. The lowest BCUT2D eigenvalue weighted by Crippen LogP contribution is -2.47. The van der Waals surface area contributed by atoms with E-state index in [0.717, 1.165) is 0 Å². The molecule has 0 fully saturated rings. The summed E-state index contributed by atoms with van der Waals surface area (Å²) >= 11 is 0. The number of benzene rings is 1. The molecule has 3 N–H and O–H groups in total. The zero-order valence-corrected chi connectivity index (χ0v) is 23.9. The second-order valence-corrected chi connectivity index (χ2v) is 9.86. The Hall–Kier alpha value is -4.14. The molecule has 0 aliphatic heterocycles. The van der Waals surface area contributed by atoms with Crippen molar-refractivity contribution in [2.24, 2.45) is 0 Å². The number of carbonyl (C=O) groups is 2. The first-order valence-electron chi connectivity index (χ1n) is 12.9. The molecule has 0 saturated carbocycles. The van der Waals surface area contributed by atoms with Gasteiger partial charge in [-0.05, 0) is 52.7 Å². The molecule has 40 heavy (non-hydrogen) atoms. The van der Waals surface area contributed by atoms with Crippen molar-refractivity contribution in [2.45, 2.75) is 58.6 Å². The number of anilines is 3. The number of nitrogens with one attached hydrogen (secondary N) is 3. The van der Waals surface area contributed by atoms with Gasteiger partial charge in [0, 0.05) is 38.3 Å². The number of amides is 2. The third kappa shape index (κ3) is 10.6. The highest BCUT2D eigenvalue weighted by molar-refractivity contribution is 5.85. The number of halogens is 2. The Bertz CT molecular complexity index is 1210. The molecular weight excluding hydrogens is 522 g/mol. The molecular formula is C28H38F2N6O4. The first-order valence-corrected chi connectivity index (χ1v) is 12.9. The van der Waals surface area contributed by atoms with E-state index >= 15 is 0 Å². The number of methoxy groups -OCH3 is 1. The highest BCUT2D eigenvalue weighted by atomic mass is 19.1. The summed E-state index contributed by atoms with van der Waals surface area (Å²) in [6.07, 6.45) is 2.30. The third-order valence-electron chi connectivity index (χ3n) is 5.44. The minimum atomic E-state index is -0.697. The molecule has 0 aliphatic carbocycles. The van der Waals surface area contributed by atoms with Gasteiger partial charge in [-0.1, -0.05) is 11.8 Å². The number of hydrogen-bond donors (Lipinski definition) is 3. The van der Waals surface area contributed by atoms with Crippen LogP contribution in [0.25, 0.3) is 0 Å². The van der Waals surface area contributed by atoms with Gasteiger partial charge < -0.3 is 25.4 Å². The van der Waals surface area contributed by atoms with E-state index in [9.17, 15) is 18.4 Å². The summed E-state index contributed by atoms with van der Waals surface area (Å²) in [7, 11) is 2.90. The van der Waals surface area contributed by atoms with E-state index in [-0.39, 0.29) is 17.6 Å². The van der Waals surface area contributed by atoms with E-state index in [1.807, 2.05) is 0 Å². The van der Waals surface area contributed by atoms with E-state index in [1.165, 1.54) is 37.4 Å². The van der Waals surface area contributed by atoms with Gasteiger partial charge in [0.2, 0.25) is 11.9 Å². The SMILES string of the molecule is COc1ccc(Nc2ncc(C#CCCCNC(=O)[C@H](C)N(C)C(=O)OC(C)(C)C)c(NCCCF)n2)cc1F. The molecule has 2 amide bonds. The van der Waals surface area contributed by atoms with Crippen LogP contribution in [0.1, 0.15) is 52.5 Å². The molecule has 0 radical (unpaired) electrons. The molecule has 0 bridgehead atoms. The summed E-state index contributed by atoms with van der Waals surface area (Å²) in [5, 5.41) is 8.78. The zero-order chi connectivity index (χ0) is 29.7. The number of alkyl halides is 1. The normalized spacial score (nSPS) is 11.5. The van der Waals surface area contributed by atoms with Gasteiger partial charge in [-0.25, -0.2) is 14.2 Å². The van der Waals surface area contributed by atoms with Crippen LogP contribution < -0.4 is 20.7 Å². The third-order valence-corrected chi connectivity index (χ3v) is 5.44. The highest BCUT2D eigenvalue weighted by Gasteiger charge is 2.26. The van der Waals surface area contributed by atoms with Crippen LogP contribution in [-0.2, 0) is 9.53 Å². The van der Waals surface area contributed by atoms with Crippen LogP contribution in [0.2, 0.25) is 0 Å². The van der Waals surface area contributed by atoms with Crippen LogP contribution in [0.3, 0.4) is 0 Å². The lowest BCUT2D eigenvalue weighted by molar-refractivity contribution is -0.125. The van der Waals surface area contributed by atoms with Gasteiger partial charge in [0.1, 0.15) is 17.5 Å². The van der Waals surface area contributed by atoms with E-state index in [1.54, 1.807) is 33.8 Å². The van der Waals surface area contributed by atoms with E-state index in [4.69, 9.17) is 9.47 Å². The van der Waals surface area contributed by atoms with Crippen molar-refractivity contribution < 1.29 is 27.8 Å². The van der Waals surface area contributed by atoms with Crippen molar-refractivity contribution in [3.63, 3.8) is 0 Å². The van der Waals surface area contributed by atoms with Gasteiger partial charge in [-0.2, -0.15) is 4.98 Å². The summed E-state index contributed by atoms with van der Waals surface area (Å²) in [6, 6.07) is 3.68. The maximum absolute atomic E-state index is 14.0. The number of aromatic nitrogens is 2. The summed E-state index contributed by atoms with van der Waals surface area (Å²) < 4.78 is 36.9. The van der Waals surface area contributed by atoms with Gasteiger partial charge in [0.25, 0.3) is 0 Å². The van der Waals surface area contributed by atoms with Crippen LogP contribution in [0.4, 0.5) is 31.0 Å². The van der Waals surface area contributed by atoms with Crippen LogP contribution in [0, 0.1) is 17.7 Å². The number of carbonyl (C=O) groups excluding carboxylic acids is 2. The smallest absolute Gasteiger partial charge is 0.410 e. The van der Waals surface area contributed by atoms with Crippen molar-refractivity contribution in [3.8, 4) is 17.6 Å². The lowest BCUT2D eigenvalue weighted by atomic mass is 10.2. The summed E-state index contributed by atoms with van der Waals surface area (Å²) in [5.74, 6) is 5.95. The Morgan fingerprint density at radius 1 is 1.20 bits per heavy atom. The molecule has 2 rings (SSSR count). The topological polar surface area (TPSA) is 118 Å². The van der Waals surface area contributed by atoms with Gasteiger partial charge in [-0.3, -0.25) is 14.1 Å². The second-order valence-electron chi connectivity index (χ2n) is 9.86. The van der Waals surface area contributed by atoms with Crippen molar-refractivity contribution >= 4 is 29.5 Å². The maximum atomic E-state index is 14.0. The Labute approximate surface area is 234 Å². The minimum absolute atomic E-state index is 0.118. The van der Waals surface area contributed by atoms with Crippen molar-refractivity contribution in [3.05, 3.63) is 35.8 Å². The molecule has 0 unspecified atom stereocenters. The van der Waals surface area contributed by atoms with Gasteiger partial charge in [0.05, 0.1) is 25.5 Å². The molecule has 10 nitrogen and oxygen atoms in total. The average Bonchev–Trinajstić information content (AvgIpc) is 2.89. The molecule has 0 spiro atoms. The molecule has 0 saturated heterocycles. The molecule has 1 aromatic heterocycles. The van der Waals surface area contributed by atoms with Crippen LogP contribution in [0.5, 0.6) is 5.75 Å². The number of nitrogens with zero attached hydrogens (tertiary/aromatic N) is 3. The van der Waals surface area contributed by atoms with Crippen LogP contribution in [-0.4, -0.2) is 72.4 Å². The standard InChI is InChI=1S/C28H38F2N6O4/c1-19(36(5)27(38)40-28(2,3)4)25(37)32-15-9-7-8-11-20-18-33-26(35-24(20)31-16-10-14-29)34-21-12-13-23(39-6)22(30)17-21/h12-13,17-19H,7,9-10,14-16H2,1-6H3,(H,32,37)(H2,31,33,34,35)/t19-/m0/s1. The molecule has 12 heteroatoms. The Balaban J connectivity index is 1.95. The monoisotopic (exact) mass is 560 g/mol. The van der Waals surface area contributed by atoms with Crippen LogP contribution in [0.15, 0.2) is 24.4 Å². The molecule has 2 aromatic rings. The van der Waals surface area contributed by atoms with Gasteiger partial charge >= 0.3 is 6.09 Å². The van der Waals surface area contributed by atoms with E-state index in [0.29, 0.717) is 49.4 Å². The number of unbranched alkanes of at least 4 members (excludes halogenated alkanes) is 1. The fourth-order valence-electron chi connectivity index (χ4n) is 3.18. The zero-order valence-electron chi connectivity index (χ0n) is 23.9. The number of rotatable bonds is 12. The van der Waals surface area contributed by atoms with E-state index in [2.05, 4.69) is 37.8 Å². The summed E-state index contributed by atoms with van der Waals surface area (Å²) in [6.45, 7) is 7.15. The van der Waals surface area contributed by atoms with Crippen molar-refractivity contribution in [2.75, 3.05) is 44.6 Å². The minimum Gasteiger partial charge on any atom is -0.494 e. The fraction of sp³-hybridized carbons (Fsp3) is 0.500. The lowest BCUT2D eigenvalue weighted by Gasteiger charge is -2.28. The Morgan fingerprint density at radius 2 is 1.95 bits per heavy atom. The fourth-order valence-corrected chi connectivity index (χ4v) is 3.18.